The summed E-state index contributed by atoms with van der Waals surface area (Å²) >= 11 is 9.03. The lowest BCUT2D eigenvalue weighted by Gasteiger charge is -2.27. The zero-order valence-electron chi connectivity index (χ0n) is 11.9. The number of carbonyl (C=O) groups is 1. The summed E-state index contributed by atoms with van der Waals surface area (Å²) in [6.07, 6.45) is 0.950. The molecule has 118 valence electrons. The maximum atomic E-state index is 12.4. The Morgan fingerprint density at radius 3 is 2.57 bits per heavy atom. The van der Waals surface area contributed by atoms with Crippen LogP contribution in [0.25, 0.3) is 0 Å². The van der Waals surface area contributed by atoms with Crippen LogP contribution in [0.4, 0.5) is 0 Å². The molecule has 0 aliphatic heterocycles. The molecule has 0 fully saturated rings. The number of nitrogens with one attached hydrogen (secondary N) is 1. The minimum Gasteiger partial charge on any atom is -0.468 e. The summed E-state index contributed by atoms with van der Waals surface area (Å²) in [6, 6.07) is 4.23. The number of carbonyl (C=O) groups excluding carboxylic acids is 1. The fourth-order valence-electron chi connectivity index (χ4n) is 1.92. The van der Waals surface area contributed by atoms with Crippen LogP contribution < -0.4 is 4.72 Å². The van der Waals surface area contributed by atoms with Gasteiger partial charge >= 0.3 is 5.97 Å². The van der Waals surface area contributed by atoms with E-state index >= 15 is 0 Å². The van der Waals surface area contributed by atoms with Crippen molar-refractivity contribution in [3.8, 4) is 0 Å². The number of ether oxygens (including phenoxy) is 1. The van der Waals surface area contributed by atoms with Gasteiger partial charge in [0.15, 0.2) is 0 Å². The van der Waals surface area contributed by atoms with Crippen molar-refractivity contribution in [1.29, 1.82) is 0 Å². The van der Waals surface area contributed by atoms with Crippen LogP contribution >= 0.6 is 27.5 Å². The molecular weight excluding hydrogens is 382 g/mol. The highest BCUT2D eigenvalue weighted by Crippen LogP contribution is 2.26. The molecule has 0 amide bonds. The Morgan fingerprint density at radius 1 is 1.48 bits per heavy atom. The molecule has 0 aromatic heterocycles. The summed E-state index contributed by atoms with van der Waals surface area (Å²) in [6.45, 7) is 3.36. The van der Waals surface area contributed by atoms with Gasteiger partial charge in [-0.2, -0.15) is 4.72 Å². The maximum absolute atomic E-state index is 12.4. The quantitative estimate of drug-likeness (QED) is 0.747. The Labute approximate surface area is 138 Å². The maximum Gasteiger partial charge on any atom is 0.326 e. The number of sulfonamides is 1. The minimum atomic E-state index is -3.87. The Kier molecular flexibility index (Phi) is 6.22. The molecule has 1 aromatic rings. The number of hydrogen-bond acceptors (Lipinski definition) is 4. The third-order valence-corrected chi connectivity index (χ3v) is 5.75. The van der Waals surface area contributed by atoms with Gasteiger partial charge in [-0.05, 0) is 47.5 Å². The van der Waals surface area contributed by atoms with Crippen LogP contribution in [-0.2, 0) is 19.6 Å². The minimum absolute atomic E-state index is 0.0185. The lowest BCUT2D eigenvalue weighted by Crippen LogP contribution is -2.52. The third-order valence-electron chi connectivity index (χ3n) is 2.95. The number of rotatable bonds is 6. The van der Waals surface area contributed by atoms with Crippen LogP contribution in [0.2, 0.25) is 5.02 Å². The van der Waals surface area contributed by atoms with Crippen LogP contribution in [0, 0.1) is 0 Å². The van der Waals surface area contributed by atoms with Crippen LogP contribution in [0.5, 0.6) is 0 Å². The van der Waals surface area contributed by atoms with Gasteiger partial charge in [0.05, 0.1) is 17.0 Å². The molecule has 0 bridgehead atoms. The van der Waals surface area contributed by atoms with Crippen molar-refractivity contribution >= 4 is 43.5 Å². The van der Waals surface area contributed by atoms with E-state index in [1.807, 2.05) is 6.92 Å². The topological polar surface area (TPSA) is 72.5 Å². The van der Waals surface area contributed by atoms with E-state index in [0.717, 1.165) is 0 Å². The van der Waals surface area contributed by atoms with E-state index in [1.54, 1.807) is 0 Å². The zero-order chi connectivity index (χ0) is 16.3. The summed E-state index contributed by atoms with van der Waals surface area (Å²) in [5.41, 5.74) is -1.31. The van der Waals surface area contributed by atoms with E-state index in [4.69, 9.17) is 16.3 Å². The predicted molar refractivity (Wildman–Crippen MR) is 84.8 cm³/mol. The number of hydrogen-bond donors (Lipinski definition) is 1. The number of esters is 1. The van der Waals surface area contributed by atoms with Gasteiger partial charge < -0.3 is 4.74 Å². The molecule has 0 aliphatic carbocycles. The van der Waals surface area contributed by atoms with Crippen molar-refractivity contribution in [1.82, 2.24) is 4.72 Å². The van der Waals surface area contributed by atoms with Gasteiger partial charge in [0, 0.05) is 4.47 Å². The van der Waals surface area contributed by atoms with Crippen molar-refractivity contribution < 1.29 is 17.9 Å². The molecule has 0 saturated heterocycles. The first-order valence-electron chi connectivity index (χ1n) is 6.23. The molecule has 0 spiro atoms. The first kappa shape index (κ1) is 18.4. The van der Waals surface area contributed by atoms with Gasteiger partial charge in [-0.25, -0.2) is 8.42 Å². The largest absolute Gasteiger partial charge is 0.468 e. The van der Waals surface area contributed by atoms with E-state index in [2.05, 4.69) is 20.7 Å². The highest BCUT2D eigenvalue weighted by atomic mass is 79.9. The van der Waals surface area contributed by atoms with Gasteiger partial charge in [0.1, 0.15) is 5.54 Å². The summed E-state index contributed by atoms with van der Waals surface area (Å²) in [5.74, 6) is -0.624. The Morgan fingerprint density at radius 2 is 2.10 bits per heavy atom. The second-order valence-electron chi connectivity index (χ2n) is 4.76. The molecular formula is C13H17BrClNO4S. The van der Waals surface area contributed by atoms with E-state index < -0.39 is 21.5 Å². The van der Waals surface area contributed by atoms with Gasteiger partial charge in [0.2, 0.25) is 10.0 Å². The van der Waals surface area contributed by atoms with Crippen LogP contribution in [0.3, 0.4) is 0 Å². The highest BCUT2D eigenvalue weighted by Gasteiger charge is 2.38. The molecule has 0 aliphatic rings. The lowest BCUT2D eigenvalue weighted by atomic mass is 9.98. The molecule has 21 heavy (non-hydrogen) atoms. The van der Waals surface area contributed by atoms with Crippen molar-refractivity contribution in [3.63, 3.8) is 0 Å². The molecule has 0 saturated carbocycles. The smallest absolute Gasteiger partial charge is 0.326 e. The fourth-order valence-corrected chi connectivity index (χ4v) is 3.98. The Bertz CT molecular complexity index is 635. The molecule has 1 N–H and O–H groups in total. The average molecular weight is 399 g/mol. The van der Waals surface area contributed by atoms with Gasteiger partial charge in [0.25, 0.3) is 0 Å². The lowest BCUT2D eigenvalue weighted by molar-refractivity contribution is -0.147. The SMILES string of the molecule is CCCC(C)(NS(=O)(=O)c1ccc(Cl)c(Br)c1)C(=O)OC. The molecule has 0 heterocycles. The Hall–Kier alpha value is -0.630. The molecule has 5 nitrogen and oxygen atoms in total. The van der Waals surface area contributed by atoms with Crippen LogP contribution in [-0.4, -0.2) is 27.0 Å². The average Bonchev–Trinajstić information content (AvgIpc) is 2.40. The van der Waals surface area contributed by atoms with Gasteiger partial charge in [-0.1, -0.05) is 24.9 Å². The van der Waals surface area contributed by atoms with E-state index in [9.17, 15) is 13.2 Å². The number of halogens is 2. The molecule has 0 radical (unpaired) electrons. The first-order valence-corrected chi connectivity index (χ1v) is 8.89. The van der Waals surface area contributed by atoms with E-state index in [-0.39, 0.29) is 4.90 Å². The fraction of sp³-hybridized carbons (Fsp3) is 0.462. The van der Waals surface area contributed by atoms with Gasteiger partial charge in [-0.15, -0.1) is 0 Å². The summed E-state index contributed by atoms with van der Waals surface area (Å²) < 4.78 is 32.4. The molecule has 1 rings (SSSR count). The second kappa shape index (κ2) is 7.09. The van der Waals surface area contributed by atoms with Gasteiger partial charge in [-0.3, -0.25) is 4.79 Å². The summed E-state index contributed by atoms with van der Waals surface area (Å²) in [7, 11) is -2.65. The van der Waals surface area contributed by atoms with Crippen molar-refractivity contribution in [3.05, 3.63) is 27.7 Å². The first-order chi connectivity index (χ1) is 9.66. The molecule has 8 heteroatoms. The molecule has 1 aromatic carbocycles. The normalized spacial score (nSPS) is 14.5. The Balaban J connectivity index is 3.17. The zero-order valence-corrected chi connectivity index (χ0v) is 15.1. The van der Waals surface area contributed by atoms with Crippen LogP contribution in [0.1, 0.15) is 26.7 Å². The molecule has 1 unspecified atom stereocenters. The van der Waals surface area contributed by atoms with Crippen molar-refractivity contribution in [2.75, 3.05) is 7.11 Å². The monoisotopic (exact) mass is 397 g/mol. The number of methoxy groups -OCH3 is 1. The third kappa shape index (κ3) is 4.42. The number of benzene rings is 1. The standard InChI is InChI=1S/C13H17BrClNO4S/c1-4-7-13(2,12(17)20-3)16-21(18,19)9-5-6-11(15)10(14)8-9/h5-6,8,16H,4,7H2,1-3H3. The molecule has 1 atom stereocenters. The summed E-state index contributed by atoms with van der Waals surface area (Å²) in [5, 5.41) is 0.401. The van der Waals surface area contributed by atoms with Crippen LogP contribution in [0.15, 0.2) is 27.6 Å². The van der Waals surface area contributed by atoms with Crippen molar-refractivity contribution in [2.45, 2.75) is 37.1 Å². The predicted octanol–water partition coefficient (Wildman–Crippen LogP) is 3.11. The van der Waals surface area contributed by atoms with E-state index in [0.29, 0.717) is 22.3 Å². The van der Waals surface area contributed by atoms with Crippen molar-refractivity contribution in [2.24, 2.45) is 0 Å². The summed E-state index contributed by atoms with van der Waals surface area (Å²) in [4.78, 5) is 11.9. The highest BCUT2D eigenvalue weighted by molar-refractivity contribution is 9.10. The second-order valence-corrected chi connectivity index (χ2v) is 7.70. The van der Waals surface area contributed by atoms with E-state index in [1.165, 1.54) is 32.2 Å².